The quantitative estimate of drug-likeness (QED) is 0.856. The second-order valence-electron chi connectivity index (χ2n) is 7.39. The minimum atomic E-state index is -0.0607. The number of carbonyl (C=O) groups is 1. The van der Waals surface area contributed by atoms with E-state index in [1.165, 1.54) is 11.1 Å². The van der Waals surface area contributed by atoms with Crippen LogP contribution in [0.2, 0.25) is 0 Å². The Morgan fingerprint density at radius 1 is 1.20 bits per heavy atom. The first kappa shape index (κ1) is 16.3. The molecule has 0 radical (unpaired) electrons. The molecule has 1 spiro atoms. The van der Waals surface area contributed by atoms with Crippen molar-refractivity contribution >= 4 is 5.91 Å². The molecular weight excluding hydrogens is 314 g/mol. The molecule has 2 aromatic heterocycles. The summed E-state index contributed by atoms with van der Waals surface area (Å²) < 4.78 is 1.84. The minimum absolute atomic E-state index is 0.0607. The topological polar surface area (TPSA) is 54.3 Å². The number of likely N-dealkylation sites (tertiary alicyclic amines) is 2. The lowest BCUT2D eigenvalue weighted by Crippen LogP contribution is -2.53. The molecule has 0 saturated carbocycles. The highest BCUT2D eigenvalue weighted by Gasteiger charge is 2.52. The number of carbonyl (C=O) groups excluding carboxylic acids is 1. The van der Waals surface area contributed by atoms with Gasteiger partial charge in [0.1, 0.15) is 0 Å². The van der Waals surface area contributed by atoms with Gasteiger partial charge in [-0.25, -0.2) is 0 Å². The van der Waals surface area contributed by atoms with Gasteiger partial charge in [-0.3, -0.25) is 19.4 Å². The van der Waals surface area contributed by atoms with Gasteiger partial charge in [-0.1, -0.05) is 0 Å². The van der Waals surface area contributed by atoms with Crippen LogP contribution in [0.3, 0.4) is 0 Å². The molecular formula is C19H25N5O. The molecule has 2 saturated heterocycles. The number of likely N-dealkylation sites (N-methyl/N-ethyl adjacent to an activating group) is 1. The Bertz CT molecular complexity index is 748. The van der Waals surface area contributed by atoms with E-state index in [4.69, 9.17) is 0 Å². The first-order valence-electron chi connectivity index (χ1n) is 8.95. The van der Waals surface area contributed by atoms with Gasteiger partial charge in [0.05, 0.1) is 11.7 Å². The van der Waals surface area contributed by atoms with Crippen molar-refractivity contribution < 1.29 is 4.79 Å². The smallest absolute Gasteiger partial charge is 0.223 e. The van der Waals surface area contributed by atoms with E-state index in [0.29, 0.717) is 6.42 Å². The highest BCUT2D eigenvalue weighted by molar-refractivity contribution is 5.81. The zero-order valence-electron chi connectivity index (χ0n) is 14.9. The fourth-order valence-electron chi connectivity index (χ4n) is 4.56. The zero-order valence-corrected chi connectivity index (χ0v) is 14.9. The zero-order chi connectivity index (χ0) is 17.4. The minimum Gasteiger partial charge on any atom is -0.339 e. The van der Waals surface area contributed by atoms with Gasteiger partial charge in [-0.2, -0.15) is 5.10 Å². The van der Waals surface area contributed by atoms with Crippen molar-refractivity contribution in [2.75, 3.05) is 20.1 Å². The number of pyridine rings is 1. The van der Waals surface area contributed by atoms with E-state index in [2.05, 4.69) is 33.3 Å². The summed E-state index contributed by atoms with van der Waals surface area (Å²) in [7, 11) is 3.92. The summed E-state index contributed by atoms with van der Waals surface area (Å²) in [5.74, 6) is 0.512. The largest absolute Gasteiger partial charge is 0.339 e. The fraction of sp³-hybridized carbons (Fsp3) is 0.526. The van der Waals surface area contributed by atoms with E-state index >= 15 is 0 Å². The number of piperidine rings is 1. The van der Waals surface area contributed by atoms with Gasteiger partial charge in [-0.15, -0.1) is 0 Å². The molecule has 0 aromatic carbocycles. The van der Waals surface area contributed by atoms with Crippen LogP contribution in [-0.4, -0.2) is 56.1 Å². The Morgan fingerprint density at radius 3 is 2.56 bits per heavy atom. The van der Waals surface area contributed by atoms with Crippen LogP contribution >= 0.6 is 0 Å². The molecule has 25 heavy (non-hydrogen) atoms. The summed E-state index contributed by atoms with van der Waals surface area (Å²) in [6, 6.07) is 4.15. The second-order valence-corrected chi connectivity index (χ2v) is 7.39. The van der Waals surface area contributed by atoms with E-state index < -0.39 is 0 Å². The van der Waals surface area contributed by atoms with Crippen molar-refractivity contribution in [2.45, 2.75) is 37.3 Å². The predicted octanol–water partition coefficient (Wildman–Crippen LogP) is 1.80. The molecule has 6 nitrogen and oxygen atoms in total. The summed E-state index contributed by atoms with van der Waals surface area (Å²) in [5.41, 5.74) is 2.43. The third-order valence-corrected chi connectivity index (χ3v) is 6.07. The van der Waals surface area contributed by atoms with Gasteiger partial charge >= 0.3 is 0 Å². The van der Waals surface area contributed by atoms with Crippen LogP contribution in [0.15, 0.2) is 36.9 Å². The molecule has 4 rings (SSSR count). The van der Waals surface area contributed by atoms with Crippen molar-refractivity contribution in [3.63, 3.8) is 0 Å². The number of aryl methyl sites for hydroxylation is 1. The van der Waals surface area contributed by atoms with Gasteiger partial charge in [0, 0.05) is 64.7 Å². The highest BCUT2D eigenvalue weighted by atomic mass is 16.2. The summed E-state index contributed by atoms with van der Waals surface area (Å²) in [6.07, 6.45) is 10.3. The van der Waals surface area contributed by atoms with Gasteiger partial charge < -0.3 is 4.90 Å². The summed E-state index contributed by atoms with van der Waals surface area (Å²) in [6.45, 7) is 2.97. The van der Waals surface area contributed by atoms with E-state index in [1.54, 1.807) is 0 Å². The molecule has 4 heterocycles. The molecule has 2 aliphatic heterocycles. The van der Waals surface area contributed by atoms with Crippen molar-refractivity contribution in [3.8, 4) is 0 Å². The van der Waals surface area contributed by atoms with Gasteiger partial charge in [-0.05, 0) is 36.1 Å². The van der Waals surface area contributed by atoms with Crippen LogP contribution in [0.5, 0.6) is 0 Å². The number of hydrogen-bond donors (Lipinski definition) is 0. The Labute approximate surface area is 148 Å². The average molecular weight is 339 g/mol. The maximum Gasteiger partial charge on any atom is 0.223 e. The molecule has 0 bridgehead atoms. The fourth-order valence-corrected chi connectivity index (χ4v) is 4.56. The van der Waals surface area contributed by atoms with Crippen LogP contribution in [0.1, 0.15) is 36.3 Å². The van der Waals surface area contributed by atoms with Crippen LogP contribution in [0.25, 0.3) is 0 Å². The van der Waals surface area contributed by atoms with Crippen molar-refractivity contribution in [3.05, 3.63) is 48.0 Å². The van der Waals surface area contributed by atoms with Crippen LogP contribution in [0, 0.1) is 0 Å². The number of aromatic nitrogens is 3. The maximum absolute atomic E-state index is 12.5. The third-order valence-electron chi connectivity index (χ3n) is 6.07. The maximum atomic E-state index is 12.5. The Hall–Kier alpha value is -2.21. The molecule has 1 atom stereocenters. The van der Waals surface area contributed by atoms with E-state index in [0.717, 1.165) is 32.5 Å². The first-order chi connectivity index (χ1) is 12.1. The molecule has 2 fully saturated rings. The van der Waals surface area contributed by atoms with Gasteiger partial charge in [0.25, 0.3) is 0 Å². The molecule has 6 heteroatoms. The van der Waals surface area contributed by atoms with E-state index in [-0.39, 0.29) is 17.4 Å². The highest BCUT2D eigenvalue weighted by Crippen LogP contribution is 2.48. The van der Waals surface area contributed by atoms with Gasteiger partial charge in [0.2, 0.25) is 5.91 Å². The van der Waals surface area contributed by atoms with Gasteiger partial charge in [0.15, 0.2) is 0 Å². The molecule has 0 N–H and O–H groups in total. The lowest BCUT2D eigenvalue weighted by molar-refractivity contribution is -0.130. The van der Waals surface area contributed by atoms with Crippen molar-refractivity contribution in [2.24, 2.45) is 7.05 Å². The normalized spacial score (nSPS) is 23.5. The monoisotopic (exact) mass is 339 g/mol. The number of hydrogen-bond acceptors (Lipinski definition) is 4. The molecule has 1 amide bonds. The summed E-state index contributed by atoms with van der Waals surface area (Å²) >= 11 is 0. The van der Waals surface area contributed by atoms with E-state index in [9.17, 15) is 4.79 Å². The van der Waals surface area contributed by atoms with Crippen LogP contribution in [0.4, 0.5) is 0 Å². The lowest BCUT2D eigenvalue weighted by atomic mass is 9.74. The molecule has 2 aliphatic rings. The summed E-state index contributed by atoms with van der Waals surface area (Å²) in [4.78, 5) is 21.1. The number of nitrogens with zero attached hydrogens (tertiary/aromatic N) is 5. The second kappa shape index (κ2) is 6.26. The standard InChI is InChI=1S/C19H25N5O/c1-22-14-16(12-21-22)17-11-18(25)23(2)19(17)5-9-24(10-6-19)13-15-3-7-20-8-4-15/h3-4,7-8,12,14,17H,5-6,9-11,13H2,1-2H3/t17-/m1/s1. The lowest BCUT2D eigenvalue weighted by Gasteiger charge is -2.46. The molecule has 0 aliphatic carbocycles. The Balaban J connectivity index is 1.51. The first-order valence-corrected chi connectivity index (χ1v) is 8.95. The Morgan fingerprint density at radius 2 is 1.92 bits per heavy atom. The number of amides is 1. The molecule has 0 unspecified atom stereocenters. The van der Waals surface area contributed by atoms with Crippen molar-refractivity contribution in [1.82, 2.24) is 24.6 Å². The Kier molecular flexibility index (Phi) is 4.07. The molecule has 132 valence electrons. The SMILES string of the molecule is CN1C(=O)C[C@H](c2cnn(C)c2)C12CCN(Cc1ccncc1)CC2. The molecule has 2 aromatic rings. The van der Waals surface area contributed by atoms with E-state index in [1.807, 2.05) is 42.3 Å². The third kappa shape index (κ3) is 2.84. The predicted molar refractivity (Wildman–Crippen MR) is 94.8 cm³/mol. The average Bonchev–Trinajstić information content (AvgIpc) is 3.15. The number of rotatable bonds is 3. The van der Waals surface area contributed by atoms with Crippen LogP contribution < -0.4 is 0 Å². The van der Waals surface area contributed by atoms with Crippen molar-refractivity contribution in [1.29, 1.82) is 0 Å². The van der Waals surface area contributed by atoms with Crippen LogP contribution in [-0.2, 0) is 18.4 Å². The summed E-state index contributed by atoms with van der Waals surface area (Å²) in [5, 5.41) is 4.33.